The van der Waals surface area contributed by atoms with Crippen LogP contribution in [0, 0.1) is 13.8 Å². The lowest BCUT2D eigenvalue weighted by Crippen LogP contribution is -2.38. The van der Waals surface area contributed by atoms with E-state index in [-0.39, 0.29) is 5.56 Å². The Morgan fingerprint density at radius 3 is 3.11 bits per heavy atom. The Balaban J connectivity index is 2.06. The fourth-order valence-corrected chi connectivity index (χ4v) is 2.80. The smallest absolute Gasteiger partial charge is 0.258 e. The zero-order valence-corrected chi connectivity index (χ0v) is 11.6. The van der Waals surface area contributed by atoms with Crippen LogP contribution in [0.3, 0.4) is 0 Å². The van der Waals surface area contributed by atoms with Crippen LogP contribution in [0.2, 0.25) is 0 Å². The highest BCUT2D eigenvalue weighted by Gasteiger charge is 2.12. The average molecular weight is 272 g/mol. The monoisotopic (exact) mass is 272 g/mol. The maximum absolute atomic E-state index is 11.9. The van der Waals surface area contributed by atoms with Gasteiger partial charge in [-0.15, -0.1) is 11.3 Å². The molecular formula is C14H14N3OS+. The Morgan fingerprint density at radius 2 is 2.26 bits per heavy atom. The van der Waals surface area contributed by atoms with Gasteiger partial charge in [0, 0.05) is 36.2 Å². The number of fused-ring (bicyclic) bond motifs is 1. The fourth-order valence-electron chi connectivity index (χ4n) is 2.06. The number of aromatic nitrogens is 3. The van der Waals surface area contributed by atoms with E-state index >= 15 is 0 Å². The molecule has 0 N–H and O–H groups in total. The highest BCUT2D eigenvalue weighted by atomic mass is 32.1. The molecule has 0 atom stereocenters. The van der Waals surface area contributed by atoms with E-state index in [4.69, 9.17) is 0 Å². The molecule has 0 spiro atoms. The molecule has 0 aliphatic heterocycles. The first kappa shape index (κ1) is 12.0. The number of pyridine rings is 1. The molecule has 0 radical (unpaired) electrons. The van der Waals surface area contributed by atoms with Crippen molar-refractivity contribution in [2.24, 2.45) is 0 Å². The molecule has 0 fully saturated rings. The molecule has 0 bridgehead atoms. The Bertz CT molecular complexity index is 804. The standard InChI is InChI=1S/C14H14N3OS/c1-10-4-3-5-16(11(10)2)9-12-8-13(18)17-6-7-19-14(17)15-12/h3-8H,9H2,1-2H3/q+1. The van der Waals surface area contributed by atoms with Gasteiger partial charge in [0.2, 0.25) is 0 Å². The van der Waals surface area contributed by atoms with Crippen LogP contribution < -0.4 is 10.1 Å². The highest BCUT2D eigenvalue weighted by molar-refractivity contribution is 7.15. The molecule has 0 amide bonds. The van der Waals surface area contributed by atoms with Gasteiger partial charge < -0.3 is 0 Å². The van der Waals surface area contributed by atoms with E-state index in [1.807, 2.05) is 17.6 Å². The van der Waals surface area contributed by atoms with Crippen LogP contribution in [0.25, 0.3) is 4.96 Å². The number of nitrogens with zero attached hydrogens (tertiary/aromatic N) is 3. The second kappa shape index (κ2) is 4.59. The molecule has 0 aliphatic carbocycles. The third-order valence-corrected chi connectivity index (χ3v) is 4.06. The average Bonchev–Trinajstić information content (AvgIpc) is 2.84. The fraction of sp³-hybridized carbons (Fsp3) is 0.214. The van der Waals surface area contributed by atoms with Gasteiger partial charge in [-0.05, 0) is 13.0 Å². The van der Waals surface area contributed by atoms with Gasteiger partial charge in [-0.1, -0.05) is 0 Å². The minimum atomic E-state index is -0.0212. The van der Waals surface area contributed by atoms with Gasteiger partial charge in [0.25, 0.3) is 5.56 Å². The predicted octanol–water partition coefficient (Wildman–Crippen LogP) is 1.71. The Morgan fingerprint density at radius 1 is 1.42 bits per heavy atom. The van der Waals surface area contributed by atoms with E-state index in [1.165, 1.54) is 22.6 Å². The van der Waals surface area contributed by atoms with Gasteiger partial charge in [-0.25, -0.2) is 4.98 Å². The lowest BCUT2D eigenvalue weighted by atomic mass is 10.2. The van der Waals surface area contributed by atoms with Crippen LogP contribution >= 0.6 is 11.3 Å². The third kappa shape index (κ3) is 2.17. The van der Waals surface area contributed by atoms with Crippen molar-refractivity contribution in [3.8, 4) is 0 Å². The van der Waals surface area contributed by atoms with E-state index in [0.29, 0.717) is 6.54 Å². The summed E-state index contributed by atoms with van der Waals surface area (Å²) < 4.78 is 3.68. The Kier molecular flexibility index (Phi) is 2.91. The van der Waals surface area contributed by atoms with Crippen molar-refractivity contribution in [3.05, 3.63) is 63.3 Å². The third-order valence-electron chi connectivity index (χ3n) is 3.30. The molecule has 3 rings (SSSR count). The number of hydrogen-bond acceptors (Lipinski definition) is 3. The first-order valence-corrected chi connectivity index (χ1v) is 6.94. The second-order valence-electron chi connectivity index (χ2n) is 4.55. The molecule has 3 heterocycles. The molecule has 5 heteroatoms. The molecule has 3 aromatic heterocycles. The Labute approximate surface area is 114 Å². The van der Waals surface area contributed by atoms with Gasteiger partial charge >= 0.3 is 0 Å². The zero-order chi connectivity index (χ0) is 13.4. The van der Waals surface area contributed by atoms with Gasteiger partial charge in [0.15, 0.2) is 23.4 Å². The van der Waals surface area contributed by atoms with Crippen LogP contribution in [-0.4, -0.2) is 9.38 Å². The van der Waals surface area contributed by atoms with Gasteiger partial charge in [-0.2, -0.15) is 4.57 Å². The maximum Gasteiger partial charge on any atom is 0.258 e. The van der Waals surface area contributed by atoms with E-state index in [2.05, 4.69) is 29.5 Å². The van der Waals surface area contributed by atoms with E-state index in [0.717, 1.165) is 10.7 Å². The summed E-state index contributed by atoms with van der Waals surface area (Å²) in [6.45, 7) is 4.78. The molecule has 0 saturated carbocycles. The second-order valence-corrected chi connectivity index (χ2v) is 5.42. The summed E-state index contributed by atoms with van der Waals surface area (Å²) in [5.74, 6) is 0. The SMILES string of the molecule is Cc1ccc[n+](Cc2cc(=O)n3ccsc3n2)c1C. The summed E-state index contributed by atoms with van der Waals surface area (Å²) in [6, 6.07) is 5.70. The first-order chi connectivity index (χ1) is 9.15. The minimum absolute atomic E-state index is 0.0212. The van der Waals surface area contributed by atoms with E-state index in [1.54, 1.807) is 16.7 Å². The molecule has 0 saturated heterocycles. The van der Waals surface area contributed by atoms with Crippen molar-refractivity contribution >= 4 is 16.3 Å². The highest BCUT2D eigenvalue weighted by Crippen LogP contribution is 2.07. The minimum Gasteiger partial charge on any atom is -0.269 e. The van der Waals surface area contributed by atoms with Crippen LogP contribution in [0.15, 0.2) is 40.8 Å². The maximum atomic E-state index is 11.9. The molecule has 19 heavy (non-hydrogen) atoms. The van der Waals surface area contributed by atoms with Crippen molar-refractivity contribution in [3.63, 3.8) is 0 Å². The molecule has 0 aliphatic rings. The van der Waals surface area contributed by atoms with Crippen LogP contribution in [0.5, 0.6) is 0 Å². The summed E-state index contributed by atoms with van der Waals surface area (Å²) in [5, 5.41) is 1.87. The lowest BCUT2D eigenvalue weighted by molar-refractivity contribution is -0.695. The predicted molar refractivity (Wildman–Crippen MR) is 74.6 cm³/mol. The zero-order valence-electron chi connectivity index (χ0n) is 10.8. The summed E-state index contributed by atoms with van der Waals surface area (Å²) in [4.78, 5) is 17.2. The van der Waals surface area contributed by atoms with Crippen LogP contribution in [-0.2, 0) is 6.54 Å². The summed E-state index contributed by atoms with van der Waals surface area (Å²) in [5.41, 5.74) is 3.20. The molecule has 4 nitrogen and oxygen atoms in total. The largest absolute Gasteiger partial charge is 0.269 e. The van der Waals surface area contributed by atoms with E-state index in [9.17, 15) is 4.79 Å². The number of rotatable bonds is 2. The summed E-state index contributed by atoms with van der Waals surface area (Å²) in [7, 11) is 0. The number of aryl methyl sites for hydroxylation is 1. The van der Waals surface area contributed by atoms with Crippen molar-refractivity contribution in [2.75, 3.05) is 0 Å². The van der Waals surface area contributed by atoms with Crippen molar-refractivity contribution in [1.29, 1.82) is 0 Å². The lowest BCUT2D eigenvalue weighted by Gasteiger charge is -2.02. The van der Waals surface area contributed by atoms with E-state index < -0.39 is 0 Å². The molecule has 3 aromatic rings. The normalized spacial score (nSPS) is 11.1. The molecule has 96 valence electrons. The number of hydrogen-bond donors (Lipinski definition) is 0. The van der Waals surface area contributed by atoms with Crippen molar-refractivity contribution in [2.45, 2.75) is 20.4 Å². The topological polar surface area (TPSA) is 38.2 Å². The van der Waals surface area contributed by atoms with Crippen LogP contribution in [0.4, 0.5) is 0 Å². The van der Waals surface area contributed by atoms with Crippen molar-refractivity contribution in [1.82, 2.24) is 9.38 Å². The first-order valence-electron chi connectivity index (χ1n) is 6.06. The van der Waals surface area contributed by atoms with Crippen LogP contribution in [0.1, 0.15) is 17.0 Å². The summed E-state index contributed by atoms with van der Waals surface area (Å²) >= 11 is 1.48. The molecule has 0 unspecified atom stereocenters. The van der Waals surface area contributed by atoms with Crippen molar-refractivity contribution < 1.29 is 4.57 Å². The van der Waals surface area contributed by atoms with Gasteiger partial charge in [0.05, 0.1) is 0 Å². The Hall–Kier alpha value is -2.01. The quantitative estimate of drug-likeness (QED) is 0.666. The van der Waals surface area contributed by atoms with Gasteiger partial charge in [0.1, 0.15) is 5.69 Å². The van der Waals surface area contributed by atoms with Gasteiger partial charge in [-0.3, -0.25) is 9.20 Å². The number of thiazole rings is 1. The molecule has 0 aromatic carbocycles. The molecular weight excluding hydrogens is 258 g/mol. The summed E-state index contributed by atoms with van der Waals surface area (Å²) in [6.07, 6.45) is 3.77.